The molecule has 2 heterocycles. The van der Waals surface area contributed by atoms with Gasteiger partial charge in [0.1, 0.15) is 6.33 Å². The van der Waals surface area contributed by atoms with Gasteiger partial charge >= 0.3 is 6.09 Å². The summed E-state index contributed by atoms with van der Waals surface area (Å²) in [5, 5.41) is 26.7. The summed E-state index contributed by atoms with van der Waals surface area (Å²) in [5.41, 5.74) is 6.16. The molecule has 2 N–H and O–H groups in total. The maximum absolute atomic E-state index is 13.3. The molecule has 5 aromatic rings. The standard InChI is InChI=1S/C32H29ClN8O3/c1-3-27-26(22-9-13-25(14-10-22)35-32(43)44-2)19-29(38-37-27)28(17-21-7-5-4-6-8-21)36-31(42)16-11-23-18-24(33)12-15-30(23)41-20-34-39-40-41/h4-16,18-20,28H,3,17H2,1-2H3,(H,35,43)(H,36,42)/t28-/m0/s1. The molecule has 0 fully saturated rings. The van der Waals surface area contributed by atoms with Gasteiger partial charge in [-0.1, -0.05) is 61.0 Å². The Kier molecular flexibility index (Phi) is 9.68. The highest BCUT2D eigenvalue weighted by molar-refractivity contribution is 6.30. The van der Waals surface area contributed by atoms with E-state index in [-0.39, 0.29) is 5.91 Å². The molecular formula is C32H29ClN8O3. The minimum absolute atomic E-state index is 0.324. The van der Waals surface area contributed by atoms with Crippen molar-refractivity contribution in [1.82, 2.24) is 35.7 Å². The summed E-state index contributed by atoms with van der Waals surface area (Å²) in [6.45, 7) is 2.01. The van der Waals surface area contributed by atoms with Gasteiger partial charge in [-0.05, 0) is 76.9 Å². The molecule has 0 radical (unpaired) electrons. The van der Waals surface area contributed by atoms with Crippen LogP contribution in [0.5, 0.6) is 0 Å². The Bertz CT molecular complexity index is 1760. The molecule has 44 heavy (non-hydrogen) atoms. The van der Waals surface area contributed by atoms with E-state index in [0.29, 0.717) is 40.5 Å². The van der Waals surface area contributed by atoms with E-state index in [9.17, 15) is 9.59 Å². The van der Waals surface area contributed by atoms with Crippen molar-refractivity contribution < 1.29 is 14.3 Å². The molecule has 0 saturated heterocycles. The van der Waals surface area contributed by atoms with Crippen LogP contribution in [-0.4, -0.2) is 49.5 Å². The fraction of sp³-hybridized carbons (Fsp3) is 0.156. The number of halogens is 1. The number of nitrogens with zero attached hydrogens (tertiary/aromatic N) is 6. The van der Waals surface area contributed by atoms with E-state index in [1.807, 2.05) is 55.5 Å². The van der Waals surface area contributed by atoms with Crippen molar-refractivity contribution in [2.24, 2.45) is 0 Å². The fourth-order valence-corrected chi connectivity index (χ4v) is 4.80. The smallest absolute Gasteiger partial charge is 0.411 e. The van der Waals surface area contributed by atoms with Gasteiger partial charge in [0.15, 0.2) is 0 Å². The Labute approximate surface area is 258 Å². The third-order valence-electron chi connectivity index (χ3n) is 6.81. The predicted octanol–water partition coefficient (Wildman–Crippen LogP) is 5.63. The number of carbonyl (C=O) groups is 2. The molecule has 11 nitrogen and oxygen atoms in total. The summed E-state index contributed by atoms with van der Waals surface area (Å²) in [6, 6.07) is 23.9. The molecule has 0 aliphatic carbocycles. The van der Waals surface area contributed by atoms with Crippen molar-refractivity contribution >= 4 is 35.4 Å². The van der Waals surface area contributed by atoms with E-state index in [1.165, 1.54) is 24.2 Å². The lowest BCUT2D eigenvalue weighted by Gasteiger charge is -2.19. The summed E-state index contributed by atoms with van der Waals surface area (Å²) >= 11 is 6.24. The zero-order valence-electron chi connectivity index (χ0n) is 24.0. The summed E-state index contributed by atoms with van der Waals surface area (Å²) in [6.07, 6.45) is 5.19. The Hall–Kier alpha value is -5.42. The lowest BCUT2D eigenvalue weighted by molar-refractivity contribution is -0.117. The third kappa shape index (κ3) is 7.50. The number of methoxy groups -OCH3 is 1. The zero-order valence-corrected chi connectivity index (χ0v) is 24.8. The van der Waals surface area contributed by atoms with E-state index in [4.69, 9.17) is 11.6 Å². The van der Waals surface area contributed by atoms with Crippen molar-refractivity contribution in [2.45, 2.75) is 25.8 Å². The van der Waals surface area contributed by atoms with Gasteiger partial charge in [0, 0.05) is 27.9 Å². The number of benzene rings is 3. The molecule has 0 spiro atoms. The number of aromatic nitrogens is 6. The van der Waals surface area contributed by atoms with Crippen LogP contribution in [0, 0.1) is 0 Å². The number of rotatable bonds is 10. The van der Waals surface area contributed by atoms with Gasteiger partial charge in [-0.15, -0.1) is 5.10 Å². The summed E-state index contributed by atoms with van der Waals surface area (Å²) < 4.78 is 6.17. The van der Waals surface area contributed by atoms with Gasteiger partial charge in [0.25, 0.3) is 0 Å². The van der Waals surface area contributed by atoms with Crippen LogP contribution in [0.2, 0.25) is 5.02 Å². The monoisotopic (exact) mass is 608 g/mol. The number of hydrogen-bond acceptors (Lipinski definition) is 8. The van der Waals surface area contributed by atoms with Gasteiger partial charge in [-0.2, -0.15) is 14.9 Å². The minimum atomic E-state index is -0.546. The fourth-order valence-electron chi connectivity index (χ4n) is 4.62. The van der Waals surface area contributed by atoms with Crippen LogP contribution in [0.4, 0.5) is 10.5 Å². The lowest BCUT2D eigenvalue weighted by Crippen LogP contribution is -2.29. The number of tetrazole rings is 1. The molecule has 0 unspecified atom stereocenters. The van der Waals surface area contributed by atoms with Crippen molar-refractivity contribution in [3.8, 4) is 16.8 Å². The van der Waals surface area contributed by atoms with Crippen molar-refractivity contribution in [3.05, 3.63) is 119 Å². The van der Waals surface area contributed by atoms with Crippen LogP contribution >= 0.6 is 11.6 Å². The summed E-state index contributed by atoms with van der Waals surface area (Å²) in [7, 11) is 1.31. The molecule has 5 rings (SSSR count). The van der Waals surface area contributed by atoms with Crippen LogP contribution in [0.3, 0.4) is 0 Å². The van der Waals surface area contributed by atoms with Gasteiger partial charge < -0.3 is 10.1 Å². The van der Waals surface area contributed by atoms with Gasteiger partial charge in [-0.3, -0.25) is 10.1 Å². The number of amides is 2. The minimum Gasteiger partial charge on any atom is -0.453 e. The van der Waals surface area contributed by atoms with E-state index in [0.717, 1.165) is 22.4 Å². The molecule has 222 valence electrons. The summed E-state index contributed by atoms with van der Waals surface area (Å²) in [5.74, 6) is -0.324. The first-order valence-electron chi connectivity index (χ1n) is 13.8. The third-order valence-corrected chi connectivity index (χ3v) is 7.04. The highest BCUT2D eigenvalue weighted by Crippen LogP contribution is 2.28. The highest BCUT2D eigenvalue weighted by Gasteiger charge is 2.19. The largest absolute Gasteiger partial charge is 0.453 e. The van der Waals surface area contributed by atoms with Crippen LogP contribution in [0.15, 0.2) is 91.3 Å². The second-order valence-corrected chi connectivity index (χ2v) is 10.2. The summed E-state index contributed by atoms with van der Waals surface area (Å²) in [4.78, 5) is 24.9. The molecule has 1 atom stereocenters. The maximum Gasteiger partial charge on any atom is 0.411 e. The van der Waals surface area contributed by atoms with Crippen LogP contribution in [0.1, 0.15) is 35.5 Å². The SMILES string of the molecule is CCc1nnc([C@H](Cc2ccccc2)NC(=O)C=Cc2cc(Cl)ccc2-n2cnnn2)cc1-c1ccc(NC(=O)OC)cc1. The Balaban J connectivity index is 1.44. The van der Waals surface area contributed by atoms with Gasteiger partial charge in [0.05, 0.1) is 30.2 Å². The van der Waals surface area contributed by atoms with E-state index in [2.05, 4.69) is 41.1 Å². The van der Waals surface area contributed by atoms with E-state index >= 15 is 0 Å². The Morgan fingerprint density at radius 1 is 1.02 bits per heavy atom. The number of carbonyl (C=O) groups excluding carboxylic acids is 2. The maximum atomic E-state index is 13.3. The first-order valence-corrected chi connectivity index (χ1v) is 14.2. The topological polar surface area (TPSA) is 137 Å². The highest BCUT2D eigenvalue weighted by atomic mass is 35.5. The van der Waals surface area contributed by atoms with Crippen molar-refractivity contribution in [3.63, 3.8) is 0 Å². The van der Waals surface area contributed by atoms with E-state index < -0.39 is 12.1 Å². The normalized spacial score (nSPS) is 11.7. The molecule has 0 bridgehead atoms. The molecule has 2 aromatic heterocycles. The number of nitrogens with one attached hydrogen (secondary N) is 2. The van der Waals surface area contributed by atoms with Crippen molar-refractivity contribution in [1.29, 1.82) is 0 Å². The quantitative estimate of drug-likeness (QED) is 0.195. The average Bonchev–Trinajstić information content (AvgIpc) is 3.59. The molecule has 0 saturated carbocycles. The first kappa shape index (κ1) is 30.1. The Morgan fingerprint density at radius 3 is 2.52 bits per heavy atom. The molecule has 3 aromatic carbocycles. The molecular weight excluding hydrogens is 580 g/mol. The molecule has 2 amide bonds. The second kappa shape index (κ2) is 14.2. The van der Waals surface area contributed by atoms with Crippen LogP contribution < -0.4 is 10.6 Å². The molecule has 0 aliphatic rings. The van der Waals surface area contributed by atoms with Crippen LogP contribution in [0.25, 0.3) is 22.9 Å². The van der Waals surface area contributed by atoms with Gasteiger partial charge in [-0.25, -0.2) is 4.79 Å². The zero-order chi connectivity index (χ0) is 30.9. The predicted molar refractivity (Wildman–Crippen MR) is 167 cm³/mol. The van der Waals surface area contributed by atoms with Crippen molar-refractivity contribution in [2.75, 3.05) is 12.4 Å². The molecule has 12 heteroatoms. The lowest BCUT2D eigenvalue weighted by atomic mass is 9.98. The number of hydrogen-bond donors (Lipinski definition) is 2. The van der Waals surface area contributed by atoms with E-state index in [1.54, 1.807) is 36.4 Å². The van der Waals surface area contributed by atoms with Gasteiger partial charge in [0.2, 0.25) is 5.91 Å². The van der Waals surface area contributed by atoms with Crippen LogP contribution in [-0.2, 0) is 22.4 Å². The second-order valence-electron chi connectivity index (χ2n) is 9.72. The number of aryl methyl sites for hydroxylation is 1. The Morgan fingerprint density at radius 2 is 1.82 bits per heavy atom. The molecule has 0 aliphatic heterocycles. The number of anilines is 1. The number of ether oxygens (including phenoxy) is 1. The average molecular weight is 609 g/mol. The first-order chi connectivity index (χ1) is 21.4.